The van der Waals surface area contributed by atoms with Gasteiger partial charge in [-0.3, -0.25) is 4.79 Å². The van der Waals surface area contributed by atoms with Crippen LogP contribution in [0.5, 0.6) is 11.5 Å². The first kappa shape index (κ1) is 19.9. The average molecular weight is 420 g/mol. The van der Waals surface area contributed by atoms with Crippen LogP contribution in [0.2, 0.25) is 0 Å². The topological polar surface area (TPSA) is 74.2 Å². The lowest BCUT2D eigenvalue weighted by Crippen LogP contribution is -3.09. The Morgan fingerprint density at radius 3 is 2.90 bits per heavy atom. The molecule has 0 aliphatic carbocycles. The molecule has 1 amide bonds. The van der Waals surface area contributed by atoms with E-state index in [0.717, 1.165) is 49.4 Å². The number of carbonyl (C=O) groups is 1. The lowest BCUT2D eigenvalue weighted by molar-refractivity contribution is -0.941. The molecule has 1 aromatic carbocycles. The highest BCUT2D eigenvalue weighted by molar-refractivity contribution is 7.71. The van der Waals surface area contributed by atoms with Gasteiger partial charge in [-0.1, -0.05) is 0 Å². The van der Waals surface area contributed by atoms with Gasteiger partial charge in [-0.25, -0.2) is 0 Å². The highest BCUT2D eigenvalue weighted by Crippen LogP contribution is 2.31. The first-order valence-corrected chi connectivity index (χ1v) is 10.4. The number of nitrogens with one attached hydrogen (secondary N) is 1. The van der Waals surface area contributed by atoms with E-state index >= 15 is 0 Å². The fraction of sp³-hybridized carbons (Fsp3) is 0.550. The Kier molecular flexibility index (Phi) is 5.86. The summed E-state index contributed by atoms with van der Waals surface area (Å²) in [6.45, 7) is 2.77. The third-order valence-corrected chi connectivity index (χ3v) is 6.09. The molecule has 2 fully saturated rings. The number of benzene rings is 1. The predicted octanol–water partition coefficient (Wildman–Crippen LogP) is 1.72. The number of methoxy groups -OCH3 is 2. The maximum absolute atomic E-state index is 11.9. The Balaban J connectivity index is 1.52. The van der Waals surface area contributed by atoms with Crippen LogP contribution in [0.15, 0.2) is 22.6 Å². The number of hydrogen-bond acceptors (Lipinski definition) is 6. The summed E-state index contributed by atoms with van der Waals surface area (Å²) in [5.74, 6) is 2.34. The van der Waals surface area contributed by atoms with Gasteiger partial charge in [-0.15, -0.1) is 5.10 Å². The maximum atomic E-state index is 11.9. The van der Waals surface area contributed by atoms with Gasteiger partial charge >= 0.3 is 0 Å². The number of carbonyl (C=O) groups excluding carboxylic acids is 1. The number of rotatable bonds is 7. The minimum Gasteiger partial charge on any atom is -0.497 e. The zero-order chi connectivity index (χ0) is 20.4. The number of nitrogens with zero attached hydrogens (tertiary/aromatic N) is 3. The van der Waals surface area contributed by atoms with Gasteiger partial charge in [0.15, 0.2) is 6.67 Å². The average Bonchev–Trinajstić information content (AvgIpc) is 3.43. The van der Waals surface area contributed by atoms with Gasteiger partial charge in [0, 0.05) is 25.8 Å². The summed E-state index contributed by atoms with van der Waals surface area (Å²) in [7, 11) is 3.37. The third-order valence-electron chi connectivity index (χ3n) is 5.79. The van der Waals surface area contributed by atoms with Gasteiger partial charge in [0.25, 0.3) is 4.84 Å². The molecule has 0 radical (unpaired) electrons. The van der Waals surface area contributed by atoms with Crippen molar-refractivity contribution in [2.75, 3.05) is 27.3 Å². The molecule has 0 spiro atoms. The molecule has 4 rings (SSSR count). The first-order valence-electron chi connectivity index (χ1n) is 10.00. The molecule has 156 valence electrons. The van der Waals surface area contributed by atoms with E-state index in [4.69, 9.17) is 26.1 Å². The molecule has 29 heavy (non-hydrogen) atoms. The number of amides is 1. The largest absolute Gasteiger partial charge is 0.497 e. The second-order valence-electron chi connectivity index (χ2n) is 7.55. The van der Waals surface area contributed by atoms with Crippen molar-refractivity contribution in [2.24, 2.45) is 0 Å². The van der Waals surface area contributed by atoms with E-state index in [1.165, 1.54) is 4.90 Å². The molecule has 1 unspecified atom stereocenters. The smallest absolute Gasteiger partial charge is 0.291 e. The quantitative estimate of drug-likeness (QED) is 0.689. The summed E-state index contributed by atoms with van der Waals surface area (Å²) >= 11 is 5.39. The summed E-state index contributed by atoms with van der Waals surface area (Å²) in [6.07, 6.45) is 3.66. The molecule has 2 saturated heterocycles. The van der Waals surface area contributed by atoms with Crippen LogP contribution < -0.4 is 14.4 Å². The van der Waals surface area contributed by atoms with E-state index in [1.54, 1.807) is 23.8 Å². The zero-order valence-corrected chi connectivity index (χ0v) is 17.7. The van der Waals surface area contributed by atoms with E-state index in [2.05, 4.69) is 11.2 Å². The van der Waals surface area contributed by atoms with Crippen LogP contribution in [-0.4, -0.2) is 47.9 Å². The molecule has 8 nitrogen and oxygen atoms in total. The third kappa shape index (κ3) is 4.16. The van der Waals surface area contributed by atoms with Crippen molar-refractivity contribution in [3.8, 4) is 11.5 Å². The van der Waals surface area contributed by atoms with Crippen LogP contribution in [-0.2, 0) is 18.0 Å². The van der Waals surface area contributed by atoms with Gasteiger partial charge in [0.1, 0.15) is 17.5 Å². The maximum Gasteiger partial charge on any atom is 0.291 e. The summed E-state index contributed by atoms with van der Waals surface area (Å²) in [4.78, 5) is 15.3. The van der Waals surface area contributed by atoms with Crippen LogP contribution in [0.4, 0.5) is 0 Å². The molecule has 2 aliphatic heterocycles. The monoisotopic (exact) mass is 419 g/mol. The fourth-order valence-corrected chi connectivity index (χ4v) is 4.53. The van der Waals surface area contributed by atoms with Gasteiger partial charge in [-0.2, -0.15) is 4.68 Å². The van der Waals surface area contributed by atoms with Crippen molar-refractivity contribution < 1.29 is 23.6 Å². The second-order valence-corrected chi connectivity index (χ2v) is 7.90. The molecule has 0 bridgehead atoms. The lowest BCUT2D eigenvalue weighted by atomic mass is 10.0. The van der Waals surface area contributed by atoms with Gasteiger partial charge in [-0.05, 0) is 36.8 Å². The number of aromatic nitrogens is 2. The lowest BCUT2D eigenvalue weighted by Gasteiger charge is -2.23. The minimum absolute atomic E-state index is 0.149. The van der Waals surface area contributed by atoms with E-state index in [0.29, 0.717) is 30.4 Å². The standard InChI is InChI=1S/C20H26N4O4S/c1-26-14-7-8-17(27-2)15(11-14)16-5-3-10-23(16)13-24-20(29)28-18(21-24)12-22-9-4-6-19(22)25/h7-8,11,16H,3-6,9-10,12-13H2,1-2H3/p+1/t16-/m1/s1. The van der Waals surface area contributed by atoms with Gasteiger partial charge < -0.3 is 23.7 Å². The molecule has 2 atom stereocenters. The van der Waals surface area contributed by atoms with E-state index in [9.17, 15) is 4.79 Å². The van der Waals surface area contributed by atoms with Crippen molar-refractivity contribution in [3.63, 3.8) is 0 Å². The Labute approximate surface area is 175 Å². The van der Waals surface area contributed by atoms with Crippen molar-refractivity contribution in [2.45, 2.75) is 44.9 Å². The van der Waals surface area contributed by atoms with E-state index < -0.39 is 0 Å². The van der Waals surface area contributed by atoms with Gasteiger partial charge in [0.2, 0.25) is 11.8 Å². The summed E-state index contributed by atoms with van der Waals surface area (Å²) in [5.41, 5.74) is 1.14. The van der Waals surface area contributed by atoms with E-state index in [1.807, 2.05) is 12.1 Å². The number of hydrogen-bond donors (Lipinski definition) is 1. The highest BCUT2D eigenvalue weighted by Gasteiger charge is 2.33. The Morgan fingerprint density at radius 1 is 1.31 bits per heavy atom. The number of ether oxygens (including phenoxy) is 2. The first-order chi connectivity index (χ1) is 14.1. The molecule has 2 aromatic rings. The van der Waals surface area contributed by atoms with Crippen LogP contribution in [0, 0.1) is 4.84 Å². The molecule has 9 heteroatoms. The number of quaternary nitrogens is 1. The second kappa shape index (κ2) is 8.54. The van der Waals surface area contributed by atoms with Crippen LogP contribution in [0.1, 0.15) is 43.2 Å². The molecule has 0 saturated carbocycles. The van der Waals surface area contributed by atoms with Crippen molar-refractivity contribution in [1.82, 2.24) is 14.7 Å². The Morgan fingerprint density at radius 2 is 2.17 bits per heavy atom. The van der Waals surface area contributed by atoms with Crippen LogP contribution in [0.3, 0.4) is 0 Å². The number of likely N-dealkylation sites (tertiary alicyclic amines) is 2. The summed E-state index contributed by atoms with van der Waals surface area (Å²) < 4.78 is 18.4. The molecular formula is C20H27N4O4S+. The van der Waals surface area contributed by atoms with Crippen molar-refractivity contribution in [3.05, 3.63) is 34.5 Å². The summed E-state index contributed by atoms with van der Waals surface area (Å²) in [6, 6.07) is 6.19. The van der Waals surface area contributed by atoms with Crippen molar-refractivity contribution >= 4 is 18.1 Å². The van der Waals surface area contributed by atoms with E-state index in [-0.39, 0.29) is 11.9 Å². The van der Waals surface area contributed by atoms with Crippen LogP contribution >= 0.6 is 12.2 Å². The zero-order valence-electron chi connectivity index (χ0n) is 16.8. The normalized spacial score (nSPS) is 21.7. The molecule has 1 N–H and O–H groups in total. The minimum atomic E-state index is 0.149. The molecular weight excluding hydrogens is 392 g/mol. The van der Waals surface area contributed by atoms with Gasteiger partial charge in [0.05, 0.1) is 32.9 Å². The fourth-order valence-electron chi connectivity index (χ4n) is 4.33. The summed E-state index contributed by atoms with van der Waals surface area (Å²) in [5, 5.41) is 4.55. The molecule has 3 heterocycles. The SMILES string of the molecule is COc1ccc(OC)c([C@H]2CCC[NH+]2Cn2nc(CN3CCCC3=O)oc2=S)c1. The predicted molar refractivity (Wildman–Crippen MR) is 107 cm³/mol. The molecule has 2 aliphatic rings. The molecule has 1 aromatic heterocycles. The Bertz CT molecular complexity index is 941. The van der Waals surface area contributed by atoms with Crippen LogP contribution in [0.25, 0.3) is 0 Å². The Hall–Kier alpha value is -2.39. The van der Waals surface area contributed by atoms with Crippen molar-refractivity contribution in [1.29, 1.82) is 0 Å². The highest BCUT2D eigenvalue weighted by atomic mass is 32.1.